The Labute approximate surface area is 144 Å². The first-order valence-electron chi connectivity index (χ1n) is 7.75. The van der Waals surface area contributed by atoms with Crippen LogP contribution in [0.5, 0.6) is 0 Å². The zero-order valence-electron chi connectivity index (χ0n) is 14.5. The molecule has 25 heavy (non-hydrogen) atoms. The molecule has 0 aliphatic rings. The first-order chi connectivity index (χ1) is 11.5. The third-order valence-corrected chi connectivity index (χ3v) is 3.83. The van der Waals surface area contributed by atoms with Crippen LogP contribution < -0.4 is 0 Å². The third-order valence-electron chi connectivity index (χ3n) is 3.83. The molecule has 0 amide bonds. The predicted octanol–water partition coefficient (Wildman–Crippen LogP) is 2.42. The number of nitrogens with zero attached hydrogens (tertiary/aromatic N) is 3. The molecule has 1 heterocycles. The van der Waals surface area contributed by atoms with Gasteiger partial charge in [0.15, 0.2) is 0 Å². The lowest BCUT2D eigenvalue weighted by Crippen LogP contribution is -2.46. The average molecular weight is 353 g/mol. The van der Waals surface area contributed by atoms with Crippen molar-refractivity contribution in [1.82, 2.24) is 14.8 Å². The summed E-state index contributed by atoms with van der Waals surface area (Å²) in [7, 11) is 0. The number of carbonyl (C=O) groups excluding carboxylic acids is 1. The molecule has 2 aromatic rings. The van der Waals surface area contributed by atoms with Gasteiger partial charge in [-0.25, -0.2) is 18.4 Å². The van der Waals surface area contributed by atoms with Crippen molar-refractivity contribution in [3.8, 4) is 0 Å². The molecule has 0 bridgehead atoms. The highest BCUT2D eigenvalue weighted by Gasteiger charge is 2.43. The number of hydrogen-bond acceptors (Lipinski definition) is 5. The van der Waals surface area contributed by atoms with Crippen LogP contribution in [0.1, 0.15) is 33.3 Å². The van der Waals surface area contributed by atoms with Gasteiger partial charge in [-0.1, -0.05) is 0 Å². The second-order valence-electron chi connectivity index (χ2n) is 6.94. The van der Waals surface area contributed by atoms with Gasteiger partial charge in [0.05, 0.1) is 12.0 Å². The van der Waals surface area contributed by atoms with Crippen LogP contribution in [0.4, 0.5) is 8.78 Å². The molecule has 1 aromatic carbocycles. The molecule has 2 rings (SSSR count). The van der Waals surface area contributed by atoms with E-state index in [0.717, 1.165) is 18.2 Å². The lowest BCUT2D eigenvalue weighted by atomic mass is 9.87. The third kappa shape index (κ3) is 4.19. The number of carbonyl (C=O) groups is 1. The molecule has 1 N–H and O–H groups in total. The van der Waals surface area contributed by atoms with Crippen LogP contribution in [-0.4, -0.2) is 31.9 Å². The fraction of sp³-hybridized carbons (Fsp3) is 0.471. The van der Waals surface area contributed by atoms with E-state index in [1.165, 1.54) is 24.3 Å². The lowest BCUT2D eigenvalue weighted by molar-refractivity contribution is -0.176. The lowest BCUT2D eigenvalue weighted by Gasteiger charge is -2.35. The Bertz CT molecular complexity index is 744. The van der Waals surface area contributed by atoms with E-state index in [9.17, 15) is 18.7 Å². The van der Waals surface area contributed by atoms with E-state index in [-0.39, 0.29) is 12.1 Å². The van der Waals surface area contributed by atoms with Gasteiger partial charge in [-0.05, 0) is 45.9 Å². The number of esters is 1. The predicted molar refractivity (Wildman–Crippen MR) is 85.3 cm³/mol. The molecule has 2 atom stereocenters. The number of aliphatic hydroxyl groups is 1. The second kappa shape index (κ2) is 6.87. The van der Waals surface area contributed by atoms with Crippen LogP contribution in [0.15, 0.2) is 30.9 Å². The maximum atomic E-state index is 14.3. The number of benzene rings is 1. The monoisotopic (exact) mass is 353 g/mol. The molecule has 8 heteroatoms. The molecule has 0 fully saturated rings. The molecular weight excluding hydrogens is 332 g/mol. The Kier molecular flexibility index (Phi) is 5.22. The summed E-state index contributed by atoms with van der Waals surface area (Å²) in [5, 5.41) is 15.0. The summed E-state index contributed by atoms with van der Waals surface area (Å²) < 4.78 is 34.6. The van der Waals surface area contributed by atoms with Crippen molar-refractivity contribution in [3.05, 3.63) is 48.1 Å². The highest BCUT2D eigenvalue weighted by molar-refractivity contribution is 5.75. The molecular formula is C17H21F2N3O3. The first-order valence-corrected chi connectivity index (χ1v) is 7.75. The SMILES string of the molecule is C[C@@H](OC(=O)C(C)(C)C)C(O)(Cn1cncn1)c1cc(F)ccc1F. The number of ether oxygens (including phenoxy) is 1. The smallest absolute Gasteiger partial charge is 0.311 e. The molecule has 0 saturated carbocycles. The summed E-state index contributed by atoms with van der Waals surface area (Å²) in [5.41, 5.74) is -3.18. The Hall–Kier alpha value is -2.35. The summed E-state index contributed by atoms with van der Waals surface area (Å²) in [5.74, 6) is -2.11. The van der Waals surface area contributed by atoms with E-state index in [1.54, 1.807) is 20.8 Å². The summed E-state index contributed by atoms with van der Waals surface area (Å²) >= 11 is 0. The molecule has 0 saturated heterocycles. The number of aromatic nitrogens is 3. The fourth-order valence-corrected chi connectivity index (χ4v) is 2.26. The largest absolute Gasteiger partial charge is 0.459 e. The Morgan fingerprint density at radius 2 is 2.04 bits per heavy atom. The number of rotatable bonds is 5. The van der Waals surface area contributed by atoms with Crippen molar-refractivity contribution in [2.24, 2.45) is 5.41 Å². The minimum Gasteiger partial charge on any atom is -0.459 e. The van der Waals surface area contributed by atoms with Crippen LogP contribution in [0, 0.1) is 17.0 Å². The molecule has 0 aliphatic carbocycles. The van der Waals surface area contributed by atoms with Crippen LogP contribution in [0.25, 0.3) is 0 Å². The van der Waals surface area contributed by atoms with Gasteiger partial charge in [-0.2, -0.15) is 5.10 Å². The molecule has 0 spiro atoms. The molecule has 6 nitrogen and oxygen atoms in total. The summed E-state index contributed by atoms with van der Waals surface area (Å²) in [6.45, 7) is 6.11. The Morgan fingerprint density at radius 3 is 2.60 bits per heavy atom. The maximum absolute atomic E-state index is 14.3. The standard InChI is InChI=1S/C17H21F2N3O3/c1-11(25-15(23)16(2,3)4)17(24,8-22-10-20-9-21-22)13-7-12(18)5-6-14(13)19/h5-7,9-11,24H,8H2,1-4H3/t11-,17?/m1/s1. The van der Waals surface area contributed by atoms with Crippen LogP contribution >= 0.6 is 0 Å². The minimum atomic E-state index is -2.04. The fourth-order valence-electron chi connectivity index (χ4n) is 2.26. The van der Waals surface area contributed by atoms with Gasteiger partial charge in [0.2, 0.25) is 0 Å². The van der Waals surface area contributed by atoms with Gasteiger partial charge >= 0.3 is 5.97 Å². The molecule has 0 aliphatic heterocycles. The van der Waals surface area contributed by atoms with Gasteiger partial charge in [0.1, 0.15) is 36.0 Å². The Balaban J connectivity index is 2.45. The van der Waals surface area contributed by atoms with Crippen LogP contribution in [0.2, 0.25) is 0 Å². The summed E-state index contributed by atoms with van der Waals surface area (Å²) in [6.07, 6.45) is 1.40. The zero-order chi connectivity index (χ0) is 18.8. The van der Waals surface area contributed by atoms with Gasteiger partial charge in [-0.3, -0.25) is 4.79 Å². The van der Waals surface area contributed by atoms with E-state index < -0.39 is 34.7 Å². The first kappa shape index (κ1) is 19.0. The van der Waals surface area contributed by atoms with Crippen LogP contribution in [-0.2, 0) is 21.7 Å². The van der Waals surface area contributed by atoms with Gasteiger partial charge in [0.25, 0.3) is 0 Å². The highest BCUT2D eigenvalue weighted by Crippen LogP contribution is 2.33. The van der Waals surface area contributed by atoms with Crippen molar-refractivity contribution < 1.29 is 23.4 Å². The van der Waals surface area contributed by atoms with E-state index in [2.05, 4.69) is 10.1 Å². The normalized spacial score (nSPS) is 15.5. The number of halogens is 2. The van der Waals surface area contributed by atoms with E-state index in [1.807, 2.05) is 0 Å². The minimum absolute atomic E-state index is 0.272. The summed E-state index contributed by atoms with van der Waals surface area (Å²) in [4.78, 5) is 15.9. The van der Waals surface area contributed by atoms with Gasteiger partial charge < -0.3 is 9.84 Å². The van der Waals surface area contributed by atoms with Crippen molar-refractivity contribution in [3.63, 3.8) is 0 Å². The van der Waals surface area contributed by atoms with Gasteiger partial charge in [-0.15, -0.1) is 0 Å². The quantitative estimate of drug-likeness (QED) is 0.836. The van der Waals surface area contributed by atoms with Gasteiger partial charge in [0, 0.05) is 5.56 Å². The average Bonchev–Trinajstić information content (AvgIpc) is 3.01. The molecule has 1 aromatic heterocycles. The zero-order valence-corrected chi connectivity index (χ0v) is 14.5. The van der Waals surface area contributed by atoms with Crippen molar-refractivity contribution in [1.29, 1.82) is 0 Å². The van der Waals surface area contributed by atoms with Crippen LogP contribution in [0.3, 0.4) is 0 Å². The molecule has 0 radical (unpaired) electrons. The van der Waals surface area contributed by atoms with E-state index in [4.69, 9.17) is 4.74 Å². The molecule has 1 unspecified atom stereocenters. The van der Waals surface area contributed by atoms with E-state index >= 15 is 0 Å². The van der Waals surface area contributed by atoms with Crippen molar-refractivity contribution >= 4 is 5.97 Å². The summed E-state index contributed by atoms with van der Waals surface area (Å²) in [6, 6.07) is 2.74. The highest BCUT2D eigenvalue weighted by atomic mass is 19.1. The number of hydrogen-bond donors (Lipinski definition) is 1. The van der Waals surface area contributed by atoms with E-state index in [0.29, 0.717) is 0 Å². The topological polar surface area (TPSA) is 77.2 Å². The maximum Gasteiger partial charge on any atom is 0.311 e. The Morgan fingerprint density at radius 1 is 1.36 bits per heavy atom. The molecule has 136 valence electrons. The second-order valence-corrected chi connectivity index (χ2v) is 6.94. The van der Waals surface area contributed by atoms with Crippen molar-refractivity contribution in [2.45, 2.75) is 45.9 Å². The van der Waals surface area contributed by atoms with Crippen molar-refractivity contribution in [2.75, 3.05) is 0 Å².